The molecule has 0 saturated heterocycles. The molecule has 0 spiro atoms. The molecule has 2 rings (SSSR count). The van der Waals surface area contributed by atoms with E-state index in [2.05, 4.69) is 0 Å². The summed E-state index contributed by atoms with van der Waals surface area (Å²) in [6.45, 7) is 0. The molecule has 4 nitrogen and oxygen atoms in total. The molecule has 0 aliphatic heterocycles. The standard InChI is InChI=1S/C9H11N3O/c10-7-4-8(13-12)5-2-1-3-6(5)9(7)11/h1-2,4H,3,10-12H2. The Morgan fingerprint density at radius 3 is 2.77 bits per heavy atom. The van der Waals surface area contributed by atoms with Crippen LogP contribution in [0, 0.1) is 0 Å². The van der Waals surface area contributed by atoms with Crippen molar-refractivity contribution >= 4 is 17.5 Å². The number of hydrogen-bond acceptors (Lipinski definition) is 4. The van der Waals surface area contributed by atoms with Gasteiger partial charge in [0.15, 0.2) is 5.75 Å². The normalized spacial score (nSPS) is 13.0. The smallest absolute Gasteiger partial charge is 0.156 e. The molecule has 0 atom stereocenters. The van der Waals surface area contributed by atoms with Crippen LogP contribution in [0.4, 0.5) is 11.4 Å². The molecule has 0 fully saturated rings. The van der Waals surface area contributed by atoms with Crippen LogP contribution in [0.5, 0.6) is 5.75 Å². The number of anilines is 2. The van der Waals surface area contributed by atoms with E-state index >= 15 is 0 Å². The van der Waals surface area contributed by atoms with Crippen molar-refractivity contribution in [2.45, 2.75) is 6.42 Å². The molecular weight excluding hydrogens is 166 g/mol. The van der Waals surface area contributed by atoms with Crippen molar-refractivity contribution in [3.05, 3.63) is 23.3 Å². The van der Waals surface area contributed by atoms with Gasteiger partial charge >= 0.3 is 0 Å². The molecule has 0 saturated carbocycles. The predicted molar refractivity (Wildman–Crippen MR) is 52.8 cm³/mol. The van der Waals surface area contributed by atoms with Gasteiger partial charge in [0, 0.05) is 11.6 Å². The van der Waals surface area contributed by atoms with Crippen molar-refractivity contribution in [2.75, 3.05) is 11.5 Å². The van der Waals surface area contributed by atoms with E-state index in [1.165, 1.54) is 0 Å². The van der Waals surface area contributed by atoms with Crippen molar-refractivity contribution in [1.29, 1.82) is 0 Å². The van der Waals surface area contributed by atoms with Crippen LogP contribution in [0.2, 0.25) is 0 Å². The van der Waals surface area contributed by atoms with Gasteiger partial charge in [0.2, 0.25) is 0 Å². The lowest BCUT2D eigenvalue weighted by atomic mass is 10.1. The Labute approximate surface area is 75.9 Å². The second-order valence-electron chi connectivity index (χ2n) is 2.99. The fourth-order valence-electron chi connectivity index (χ4n) is 1.56. The van der Waals surface area contributed by atoms with E-state index in [0.29, 0.717) is 17.1 Å². The molecule has 6 N–H and O–H groups in total. The number of rotatable bonds is 1. The first-order chi connectivity index (χ1) is 6.24. The van der Waals surface area contributed by atoms with Gasteiger partial charge in [-0.05, 0) is 12.0 Å². The van der Waals surface area contributed by atoms with Gasteiger partial charge in [-0.2, -0.15) is 5.90 Å². The third-order valence-corrected chi connectivity index (χ3v) is 2.25. The minimum atomic E-state index is 0.517. The zero-order valence-corrected chi connectivity index (χ0v) is 7.08. The molecule has 0 heterocycles. The lowest BCUT2D eigenvalue weighted by Gasteiger charge is -2.10. The Morgan fingerprint density at radius 1 is 1.31 bits per heavy atom. The minimum Gasteiger partial charge on any atom is -0.411 e. The molecule has 0 unspecified atom stereocenters. The highest BCUT2D eigenvalue weighted by Crippen LogP contribution is 2.36. The van der Waals surface area contributed by atoms with Crippen LogP contribution in [-0.2, 0) is 6.42 Å². The van der Waals surface area contributed by atoms with E-state index in [4.69, 9.17) is 22.2 Å². The third kappa shape index (κ3) is 1.03. The third-order valence-electron chi connectivity index (χ3n) is 2.25. The maximum Gasteiger partial charge on any atom is 0.156 e. The topological polar surface area (TPSA) is 87.3 Å². The van der Waals surface area contributed by atoms with E-state index in [1.807, 2.05) is 12.2 Å². The molecule has 1 aromatic carbocycles. The van der Waals surface area contributed by atoms with Crippen molar-refractivity contribution in [1.82, 2.24) is 0 Å². The number of nitrogens with two attached hydrogens (primary N) is 3. The second kappa shape index (κ2) is 2.67. The van der Waals surface area contributed by atoms with Crippen LogP contribution in [0.1, 0.15) is 11.1 Å². The maximum atomic E-state index is 5.80. The van der Waals surface area contributed by atoms with Crippen LogP contribution in [0.25, 0.3) is 6.08 Å². The Morgan fingerprint density at radius 2 is 2.08 bits per heavy atom. The van der Waals surface area contributed by atoms with E-state index in [9.17, 15) is 0 Å². The summed E-state index contributed by atoms with van der Waals surface area (Å²) in [6.07, 6.45) is 4.73. The van der Waals surface area contributed by atoms with Crippen LogP contribution in [-0.4, -0.2) is 0 Å². The van der Waals surface area contributed by atoms with Gasteiger partial charge < -0.3 is 16.3 Å². The maximum absolute atomic E-state index is 5.80. The fourth-order valence-corrected chi connectivity index (χ4v) is 1.56. The SMILES string of the molecule is NOc1cc(N)c(N)c2c1C=CC2. The summed E-state index contributed by atoms with van der Waals surface area (Å²) < 4.78 is 0. The summed E-state index contributed by atoms with van der Waals surface area (Å²) in [5.41, 5.74) is 14.6. The highest BCUT2D eigenvalue weighted by molar-refractivity contribution is 5.81. The van der Waals surface area contributed by atoms with Gasteiger partial charge in [0.05, 0.1) is 11.4 Å². The van der Waals surface area contributed by atoms with Crippen LogP contribution in [0.15, 0.2) is 12.1 Å². The van der Waals surface area contributed by atoms with Gasteiger partial charge in [0.1, 0.15) is 0 Å². The number of fused-ring (bicyclic) bond motifs is 1. The van der Waals surface area contributed by atoms with E-state index in [1.54, 1.807) is 6.07 Å². The summed E-state index contributed by atoms with van der Waals surface area (Å²) in [5, 5.41) is 0. The first-order valence-corrected chi connectivity index (χ1v) is 3.98. The largest absolute Gasteiger partial charge is 0.411 e. The average Bonchev–Trinajstić information content (AvgIpc) is 2.60. The minimum absolute atomic E-state index is 0.517. The van der Waals surface area contributed by atoms with Gasteiger partial charge in [-0.15, -0.1) is 0 Å². The highest BCUT2D eigenvalue weighted by atomic mass is 16.6. The number of nitrogen functional groups attached to an aromatic ring is 2. The molecule has 1 aliphatic carbocycles. The van der Waals surface area contributed by atoms with Crippen LogP contribution >= 0.6 is 0 Å². The zero-order chi connectivity index (χ0) is 9.42. The molecule has 4 heteroatoms. The Kier molecular flexibility index (Phi) is 1.63. The lowest BCUT2D eigenvalue weighted by Crippen LogP contribution is -2.07. The van der Waals surface area contributed by atoms with E-state index in [-0.39, 0.29) is 0 Å². The summed E-state index contributed by atoms with van der Waals surface area (Å²) >= 11 is 0. The van der Waals surface area contributed by atoms with Gasteiger partial charge in [-0.25, -0.2) is 0 Å². The molecular formula is C9H11N3O. The quantitative estimate of drug-likeness (QED) is 0.434. The summed E-state index contributed by atoms with van der Waals surface area (Å²) in [4.78, 5) is 4.71. The molecule has 0 bridgehead atoms. The second-order valence-corrected chi connectivity index (χ2v) is 2.99. The lowest BCUT2D eigenvalue weighted by molar-refractivity contribution is 0.334. The number of benzene rings is 1. The highest BCUT2D eigenvalue weighted by Gasteiger charge is 2.16. The Bertz CT molecular complexity index is 385. The monoisotopic (exact) mass is 177 g/mol. The average molecular weight is 177 g/mol. The van der Waals surface area contributed by atoms with Crippen LogP contribution < -0.4 is 22.2 Å². The van der Waals surface area contributed by atoms with Gasteiger partial charge in [-0.3, -0.25) is 0 Å². The molecule has 0 aromatic heterocycles. The van der Waals surface area contributed by atoms with Crippen molar-refractivity contribution in [3.8, 4) is 5.75 Å². The molecule has 0 amide bonds. The molecule has 13 heavy (non-hydrogen) atoms. The Hall–Kier alpha value is -1.68. The van der Waals surface area contributed by atoms with Gasteiger partial charge in [-0.1, -0.05) is 12.2 Å². The molecule has 1 aliphatic rings. The van der Waals surface area contributed by atoms with Crippen LogP contribution in [0.3, 0.4) is 0 Å². The van der Waals surface area contributed by atoms with E-state index < -0.39 is 0 Å². The first kappa shape index (κ1) is 7.94. The predicted octanol–water partition coefficient (Wildman–Crippen LogP) is 0.673. The molecule has 0 radical (unpaired) electrons. The summed E-state index contributed by atoms with van der Waals surface area (Å²) in [7, 11) is 0. The summed E-state index contributed by atoms with van der Waals surface area (Å²) in [5.74, 6) is 5.69. The van der Waals surface area contributed by atoms with Crippen molar-refractivity contribution in [3.63, 3.8) is 0 Å². The molecule has 68 valence electrons. The fraction of sp³-hybridized carbons (Fsp3) is 0.111. The zero-order valence-electron chi connectivity index (χ0n) is 7.08. The number of hydrogen-bond donors (Lipinski definition) is 3. The first-order valence-electron chi connectivity index (χ1n) is 3.98. The Balaban J connectivity index is 2.68. The number of allylic oxidation sites excluding steroid dienone is 1. The van der Waals surface area contributed by atoms with E-state index in [0.717, 1.165) is 17.5 Å². The molecule has 1 aromatic rings. The van der Waals surface area contributed by atoms with Crippen molar-refractivity contribution < 1.29 is 4.84 Å². The summed E-state index contributed by atoms with van der Waals surface area (Å²) in [6, 6.07) is 1.64. The van der Waals surface area contributed by atoms with Gasteiger partial charge in [0.25, 0.3) is 0 Å². The van der Waals surface area contributed by atoms with Crippen molar-refractivity contribution in [2.24, 2.45) is 5.90 Å².